The lowest BCUT2D eigenvalue weighted by atomic mass is 10.2. The Morgan fingerprint density at radius 3 is 2.57 bits per heavy atom. The Bertz CT molecular complexity index is 1100. The topological polar surface area (TPSA) is 136 Å². The van der Waals surface area contributed by atoms with Gasteiger partial charge >= 0.3 is 0 Å². The number of anilines is 3. The van der Waals surface area contributed by atoms with E-state index in [9.17, 15) is 9.59 Å². The van der Waals surface area contributed by atoms with E-state index in [0.29, 0.717) is 23.9 Å². The summed E-state index contributed by atoms with van der Waals surface area (Å²) in [4.78, 5) is 37.4. The van der Waals surface area contributed by atoms with Gasteiger partial charge in [0.1, 0.15) is 18.1 Å². The fourth-order valence-electron chi connectivity index (χ4n) is 2.84. The average molecular weight is 426 g/mol. The van der Waals surface area contributed by atoms with E-state index in [1.165, 1.54) is 12.5 Å². The van der Waals surface area contributed by atoms with Crippen molar-refractivity contribution in [2.24, 2.45) is 0 Å². The van der Waals surface area contributed by atoms with E-state index in [4.69, 9.17) is 21.7 Å². The Balaban J connectivity index is 1.44. The number of rotatable bonds is 5. The number of benzene rings is 1. The molecule has 4 rings (SSSR count). The molecule has 1 aromatic carbocycles. The first-order valence-corrected chi connectivity index (χ1v) is 9.25. The number of nitrogens with zero attached hydrogens (tertiary/aromatic N) is 3. The molecule has 0 saturated carbocycles. The van der Waals surface area contributed by atoms with E-state index in [1.54, 1.807) is 41.3 Å². The normalized spacial score (nSPS) is 13.1. The molecule has 3 aromatic rings. The fourth-order valence-corrected chi connectivity index (χ4v) is 2.95. The molecule has 30 heavy (non-hydrogen) atoms. The summed E-state index contributed by atoms with van der Waals surface area (Å²) < 4.78 is 5.13. The fraction of sp³-hybridized carbons (Fsp3) is 0.105. The second-order valence-corrected chi connectivity index (χ2v) is 6.68. The van der Waals surface area contributed by atoms with Crippen LogP contribution < -0.4 is 15.5 Å². The molecule has 2 aromatic heterocycles. The highest BCUT2D eigenvalue weighted by atomic mass is 35.5. The molecule has 4 N–H and O–H groups in total. The summed E-state index contributed by atoms with van der Waals surface area (Å²) in [5, 5.41) is 13.5. The molecular weight excluding hydrogens is 410 g/mol. The number of ether oxygens (including phenoxy) is 1. The van der Waals surface area contributed by atoms with Gasteiger partial charge in [-0.3, -0.25) is 19.9 Å². The Labute approximate surface area is 175 Å². The number of pyridine rings is 1. The van der Waals surface area contributed by atoms with Crippen molar-refractivity contribution in [2.45, 2.75) is 0 Å². The summed E-state index contributed by atoms with van der Waals surface area (Å²) in [5.41, 5.74) is 1.25. The molecule has 1 aliphatic heterocycles. The van der Waals surface area contributed by atoms with Crippen LogP contribution in [0.2, 0.25) is 5.02 Å². The molecule has 11 heteroatoms. The number of amides is 2. The zero-order valence-corrected chi connectivity index (χ0v) is 16.2. The minimum absolute atomic E-state index is 0.00327. The van der Waals surface area contributed by atoms with Crippen LogP contribution in [-0.2, 0) is 4.74 Å². The van der Waals surface area contributed by atoms with Gasteiger partial charge in [0.15, 0.2) is 5.69 Å². The van der Waals surface area contributed by atoms with Gasteiger partial charge in [0.2, 0.25) is 0 Å². The summed E-state index contributed by atoms with van der Waals surface area (Å²) in [5.74, 6) is -0.816. The highest BCUT2D eigenvalue weighted by molar-refractivity contribution is 6.30. The number of carbonyl (C=O) groups is 2. The molecule has 0 bridgehead atoms. The van der Waals surface area contributed by atoms with E-state index in [1.807, 2.05) is 0 Å². The average Bonchev–Trinajstić information content (AvgIpc) is 3.39. The molecule has 3 heterocycles. The van der Waals surface area contributed by atoms with Crippen LogP contribution >= 0.6 is 11.6 Å². The minimum Gasteiger partial charge on any atom is -0.463 e. The van der Waals surface area contributed by atoms with Crippen LogP contribution in [-0.4, -0.2) is 45.9 Å². The Hall–Kier alpha value is -3.92. The number of H-pyrrole nitrogens is 1. The minimum atomic E-state index is -0.560. The van der Waals surface area contributed by atoms with Gasteiger partial charge in [-0.05, 0) is 36.4 Å². The smallest absolute Gasteiger partial charge is 0.289 e. The standard InChI is InChI=1S/C19H16ClN7O3/c20-11-1-6-14(22-9-11)26-18(29)16-15(23-10-24-16)17(28)25-12-2-4-13(5-3-12)27-7-8-30-19(27)21/h1-6,9-10,21H,7-8H2,(H,23,24)(H,25,28)(H,22,26,29). The lowest BCUT2D eigenvalue weighted by Gasteiger charge is -2.15. The van der Waals surface area contributed by atoms with E-state index < -0.39 is 11.8 Å². The Morgan fingerprint density at radius 2 is 1.90 bits per heavy atom. The lowest BCUT2D eigenvalue weighted by molar-refractivity contribution is 0.0985. The summed E-state index contributed by atoms with van der Waals surface area (Å²) in [6.45, 7) is 1.06. The molecule has 1 aliphatic rings. The third-order valence-electron chi connectivity index (χ3n) is 4.29. The molecule has 0 radical (unpaired) electrons. The van der Waals surface area contributed by atoms with Crippen molar-refractivity contribution in [3.8, 4) is 0 Å². The molecule has 0 unspecified atom stereocenters. The van der Waals surface area contributed by atoms with Gasteiger partial charge in [0, 0.05) is 17.6 Å². The molecular formula is C19H16ClN7O3. The van der Waals surface area contributed by atoms with E-state index in [-0.39, 0.29) is 23.2 Å². The van der Waals surface area contributed by atoms with Gasteiger partial charge in [-0.1, -0.05) is 11.6 Å². The second kappa shape index (κ2) is 8.21. The van der Waals surface area contributed by atoms with Crippen LogP contribution in [0.25, 0.3) is 0 Å². The van der Waals surface area contributed by atoms with Crippen molar-refractivity contribution >= 4 is 46.6 Å². The number of nitrogens with one attached hydrogen (secondary N) is 4. The van der Waals surface area contributed by atoms with Crippen LogP contribution in [0.5, 0.6) is 0 Å². The van der Waals surface area contributed by atoms with Crippen molar-refractivity contribution in [3.05, 3.63) is 65.3 Å². The molecule has 0 aliphatic carbocycles. The highest BCUT2D eigenvalue weighted by Crippen LogP contribution is 2.21. The van der Waals surface area contributed by atoms with Gasteiger partial charge < -0.3 is 20.4 Å². The van der Waals surface area contributed by atoms with Gasteiger partial charge in [0.25, 0.3) is 17.8 Å². The number of carbonyl (C=O) groups excluding carboxylic acids is 2. The van der Waals surface area contributed by atoms with Crippen molar-refractivity contribution in [2.75, 3.05) is 28.7 Å². The number of aromatic amines is 1. The number of amidine groups is 1. The maximum atomic E-state index is 12.6. The molecule has 0 spiro atoms. The van der Waals surface area contributed by atoms with E-state index in [2.05, 4.69) is 25.6 Å². The van der Waals surface area contributed by atoms with Gasteiger partial charge in [-0.15, -0.1) is 0 Å². The van der Waals surface area contributed by atoms with Crippen molar-refractivity contribution in [3.63, 3.8) is 0 Å². The Morgan fingerprint density at radius 1 is 1.10 bits per heavy atom. The molecule has 1 saturated heterocycles. The number of halogens is 1. The first kappa shape index (κ1) is 19.4. The van der Waals surface area contributed by atoms with Gasteiger partial charge in [0.05, 0.1) is 17.9 Å². The zero-order valence-electron chi connectivity index (χ0n) is 15.5. The summed E-state index contributed by atoms with van der Waals surface area (Å²) >= 11 is 5.78. The predicted molar refractivity (Wildman–Crippen MR) is 111 cm³/mol. The Kier molecular flexibility index (Phi) is 5.31. The zero-order chi connectivity index (χ0) is 21.1. The monoisotopic (exact) mass is 425 g/mol. The van der Waals surface area contributed by atoms with Crippen LogP contribution in [0.4, 0.5) is 17.2 Å². The third-order valence-corrected chi connectivity index (χ3v) is 4.51. The van der Waals surface area contributed by atoms with Crippen LogP contribution in [0.15, 0.2) is 48.9 Å². The maximum absolute atomic E-state index is 12.6. The van der Waals surface area contributed by atoms with Crippen LogP contribution in [0.3, 0.4) is 0 Å². The van der Waals surface area contributed by atoms with Crippen molar-refractivity contribution in [1.82, 2.24) is 15.0 Å². The van der Waals surface area contributed by atoms with E-state index in [0.717, 1.165) is 5.69 Å². The number of hydrogen-bond donors (Lipinski definition) is 4. The van der Waals surface area contributed by atoms with Crippen LogP contribution in [0.1, 0.15) is 21.0 Å². The third kappa shape index (κ3) is 4.08. The van der Waals surface area contributed by atoms with E-state index >= 15 is 0 Å². The van der Waals surface area contributed by atoms with Crippen molar-refractivity contribution in [1.29, 1.82) is 5.41 Å². The van der Waals surface area contributed by atoms with Crippen molar-refractivity contribution < 1.29 is 14.3 Å². The molecule has 10 nitrogen and oxygen atoms in total. The second-order valence-electron chi connectivity index (χ2n) is 6.25. The maximum Gasteiger partial charge on any atom is 0.289 e. The number of imidazole rings is 1. The number of aromatic nitrogens is 3. The highest BCUT2D eigenvalue weighted by Gasteiger charge is 2.22. The quantitative estimate of drug-likeness (QED) is 0.496. The largest absolute Gasteiger partial charge is 0.463 e. The predicted octanol–water partition coefficient (Wildman–Crippen LogP) is 2.73. The first-order valence-electron chi connectivity index (χ1n) is 8.88. The molecule has 2 amide bonds. The van der Waals surface area contributed by atoms with Gasteiger partial charge in [-0.25, -0.2) is 9.97 Å². The molecule has 0 atom stereocenters. The SMILES string of the molecule is N=C1OCCN1c1ccc(NC(=O)c2nc[nH]c2C(=O)Nc2ccc(Cl)cn2)cc1. The van der Waals surface area contributed by atoms with Crippen LogP contribution in [0, 0.1) is 5.41 Å². The summed E-state index contributed by atoms with van der Waals surface area (Å²) in [6.07, 6.45) is 2.67. The first-order chi connectivity index (χ1) is 14.5. The number of hydrogen-bond acceptors (Lipinski definition) is 6. The lowest BCUT2D eigenvalue weighted by Crippen LogP contribution is -2.24. The summed E-state index contributed by atoms with van der Waals surface area (Å²) in [6, 6.07) is 10.2. The summed E-state index contributed by atoms with van der Waals surface area (Å²) in [7, 11) is 0. The molecule has 152 valence electrons. The molecule has 1 fully saturated rings. The van der Waals surface area contributed by atoms with Gasteiger partial charge in [-0.2, -0.15) is 0 Å².